The summed E-state index contributed by atoms with van der Waals surface area (Å²) in [5, 5.41) is 17.1. The number of unbranched alkanes of at least 4 members (excludes halogenated alkanes) is 3. The normalized spacial score (nSPS) is 13.0. The van der Waals surface area contributed by atoms with E-state index in [1.165, 1.54) is 6.92 Å². The molecule has 0 aliphatic heterocycles. The molecule has 1 aromatic carbocycles. The molecule has 1 rings (SSSR count). The molecule has 0 heterocycles. The van der Waals surface area contributed by atoms with E-state index < -0.39 is 35.9 Å². The highest BCUT2D eigenvalue weighted by atomic mass is 16.5. The number of carboxylic acid groups (broad SMARTS) is 1. The smallest absolute Gasteiger partial charge is 0.326 e. The van der Waals surface area contributed by atoms with Gasteiger partial charge in [-0.25, -0.2) is 4.79 Å². The zero-order valence-corrected chi connectivity index (χ0v) is 22.6. The zero-order chi connectivity index (χ0) is 29.0. The van der Waals surface area contributed by atoms with Crippen LogP contribution in [0, 0.1) is 0 Å². The van der Waals surface area contributed by atoms with E-state index in [9.17, 15) is 24.3 Å². The molecule has 0 aliphatic carbocycles. The fraction of sp³-hybridized carbons (Fsp3) is 0.577. The van der Waals surface area contributed by atoms with Crippen molar-refractivity contribution in [2.75, 3.05) is 19.7 Å². The van der Waals surface area contributed by atoms with Crippen LogP contribution in [-0.2, 0) is 30.5 Å². The van der Waals surface area contributed by atoms with Gasteiger partial charge < -0.3 is 43.0 Å². The number of hydrogen-bond donors (Lipinski definition) is 7. The number of aliphatic carboxylic acids is 1. The maximum atomic E-state index is 13.0. The van der Waals surface area contributed by atoms with E-state index in [4.69, 9.17) is 21.9 Å². The van der Waals surface area contributed by atoms with Crippen LogP contribution in [0.1, 0.15) is 57.4 Å². The molecule has 0 aromatic heterocycles. The Morgan fingerprint density at radius 1 is 0.923 bits per heavy atom. The Bertz CT molecular complexity index is 925. The standard InChI is InChI=1S/C26H43N7O6/c1-18(23(35)33-20(25(37)38)12-9-15-30-26(28)29)31-24(36)21(17-39-16-19-10-5-4-6-11-19)32-22(34)13-7-2-3-8-14-27/h4-6,10-11,18,20-21H,2-3,7-9,12-17,27H2,1H3,(H,31,36)(H,32,34)(H,33,35)(H,37,38)(H4,28,29,30)/t18-,20+,21+/m1/s1. The van der Waals surface area contributed by atoms with Crippen LogP contribution < -0.4 is 33.2 Å². The molecule has 39 heavy (non-hydrogen) atoms. The Morgan fingerprint density at radius 2 is 1.62 bits per heavy atom. The van der Waals surface area contributed by atoms with E-state index in [1.54, 1.807) is 0 Å². The van der Waals surface area contributed by atoms with Crippen molar-refractivity contribution < 1.29 is 29.0 Å². The van der Waals surface area contributed by atoms with Gasteiger partial charge in [-0.3, -0.25) is 19.4 Å². The molecule has 0 bridgehead atoms. The number of carbonyl (C=O) groups is 4. The van der Waals surface area contributed by atoms with E-state index >= 15 is 0 Å². The molecule has 0 spiro atoms. The Balaban J connectivity index is 2.71. The lowest BCUT2D eigenvalue weighted by Crippen LogP contribution is -2.55. The number of guanidine groups is 1. The molecule has 10 N–H and O–H groups in total. The quantitative estimate of drug-likeness (QED) is 0.0644. The molecule has 0 saturated heterocycles. The third-order valence-electron chi connectivity index (χ3n) is 5.72. The molecule has 1 aromatic rings. The Kier molecular flexibility index (Phi) is 16.6. The third-order valence-corrected chi connectivity index (χ3v) is 5.72. The van der Waals surface area contributed by atoms with Crippen molar-refractivity contribution in [3.8, 4) is 0 Å². The number of rotatable bonds is 20. The first kappa shape index (κ1) is 33.3. The zero-order valence-electron chi connectivity index (χ0n) is 22.6. The minimum Gasteiger partial charge on any atom is -0.480 e. The van der Waals surface area contributed by atoms with Crippen molar-refractivity contribution in [2.45, 2.75) is 76.6 Å². The minimum absolute atomic E-state index is 0.0931. The van der Waals surface area contributed by atoms with Crippen LogP contribution in [0.4, 0.5) is 0 Å². The van der Waals surface area contributed by atoms with Gasteiger partial charge in [0.15, 0.2) is 5.96 Å². The number of ether oxygens (including phenoxy) is 1. The lowest BCUT2D eigenvalue weighted by molar-refractivity contribution is -0.142. The largest absolute Gasteiger partial charge is 0.480 e. The molecule has 0 saturated carbocycles. The number of aliphatic imine (C=N–C) groups is 1. The molecule has 13 heteroatoms. The number of carbonyl (C=O) groups excluding carboxylic acids is 3. The topological polar surface area (TPSA) is 224 Å². The van der Waals surface area contributed by atoms with Crippen molar-refractivity contribution >= 4 is 29.7 Å². The number of carboxylic acids is 1. The van der Waals surface area contributed by atoms with E-state index in [0.717, 1.165) is 24.8 Å². The van der Waals surface area contributed by atoms with E-state index in [1.807, 2.05) is 30.3 Å². The molecule has 3 amide bonds. The summed E-state index contributed by atoms with van der Waals surface area (Å²) < 4.78 is 5.68. The molecule has 0 aliphatic rings. The predicted octanol–water partition coefficient (Wildman–Crippen LogP) is -0.275. The van der Waals surface area contributed by atoms with Crippen molar-refractivity contribution in [1.82, 2.24) is 16.0 Å². The Labute approximate surface area is 229 Å². The highest BCUT2D eigenvalue weighted by Gasteiger charge is 2.27. The van der Waals surface area contributed by atoms with E-state index in [0.29, 0.717) is 19.4 Å². The fourth-order valence-electron chi connectivity index (χ4n) is 3.54. The molecule has 0 unspecified atom stereocenters. The van der Waals surface area contributed by atoms with Gasteiger partial charge in [-0.05, 0) is 44.7 Å². The Hall–Kier alpha value is -3.71. The molecule has 13 nitrogen and oxygen atoms in total. The van der Waals surface area contributed by atoms with Crippen molar-refractivity contribution in [3.05, 3.63) is 35.9 Å². The number of nitrogens with one attached hydrogen (secondary N) is 3. The van der Waals surface area contributed by atoms with Gasteiger partial charge in [0.25, 0.3) is 0 Å². The van der Waals surface area contributed by atoms with Gasteiger partial charge in [0.05, 0.1) is 13.2 Å². The number of hydrogen-bond acceptors (Lipinski definition) is 7. The average molecular weight is 550 g/mol. The van der Waals surface area contributed by atoms with Crippen molar-refractivity contribution in [1.29, 1.82) is 0 Å². The highest BCUT2D eigenvalue weighted by Crippen LogP contribution is 2.05. The van der Waals surface area contributed by atoms with Gasteiger partial charge >= 0.3 is 5.97 Å². The first-order chi connectivity index (χ1) is 18.6. The Morgan fingerprint density at radius 3 is 2.26 bits per heavy atom. The van der Waals surface area contributed by atoms with Gasteiger partial charge in [-0.1, -0.05) is 43.2 Å². The SMILES string of the molecule is C[C@@H](NC(=O)[C@H](COCc1ccccc1)NC(=O)CCCCCCN)C(=O)N[C@@H](CCCN=C(N)N)C(=O)O. The van der Waals surface area contributed by atoms with Crippen LogP contribution in [0.2, 0.25) is 0 Å². The molecular weight excluding hydrogens is 506 g/mol. The molecular formula is C26H43N7O6. The van der Waals surface area contributed by atoms with Gasteiger partial charge in [0.1, 0.15) is 18.1 Å². The van der Waals surface area contributed by atoms with Crippen LogP contribution in [0.5, 0.6) is 0 Å². The maximum Gasteiger partial charge on any atom is 0.326 e. The van der Waals surface area contributed by atoms with E-state index in [2.05, 4.69) is 20.9 Å². The fourth-order valence-corrected chi connectivity index (χ4v) is 3.54. The van der Waals surface area contributed by atoms with E-state index in [-0.39, 0.29) is 44.5 Å². The molecule has 218 valence electrons. The maximum absolute atomic E-state index is 13.0. The summed E-state index contributed by atoms with van der Waals surface area (Å²) >= 11 is 0. The first-order valence-corrected chi connectivity index (χ1v) is 13.1. The van der Waals surface area contributed by atoms with Gasteiger partial charge in [0.2, 0.25) is 17.7 Å². The van der Waals surface area contributed by atoms with Gasteiger partial charge in [0, 0.05) is 13.0 Å². The summed E-state index contributed by atoms with van der Waals surface area (Å²) in [6.07, 6.45) is 3.97. The molecule has 3 atom stereocenters. The lowest BCUT2D eigenvalue weighted by atomic mass is 10.1. The summed E-state index contributed by atoms with van der Waals surface area (Å²) in [4.78, 5) is 53.4. The summed E-state index contributed by atoms with van der Waals surface area (Å²) in [7, 11) is 0. The first-order valence-electron chi connectivity index (χ1n) is 13.1. The number of nitrogens with zero attached hydrogens (tertiary/aromatic N) is 1. The number of benzene rings is 1. The minimum atomic E-state index is -1.22. The monoisotopic (exact) mass is 549 g/mol. The highest BCUT2D eigenvalue weighted by molar-refractivity contribution is 5.93. The van der Waals surface area contributed by atoms with Crippen LogP contribution >= 0.6 is 0 Å². The summed E-state index contributed by atoms with van der Waals surface area (Å²) in [5.41, 5.74) is 16.9. The van der Waals surface area contributed by atoms with Crippen molar-refractivity contribution in [2.24, 2.45) is 22.2 Å². The van der Waals surface area contributed by atoms with Gasteiger partial charge in [-0.15, -0.1) is 0 Å². The third kappa shape index (κ3) is 15.3. The molecule has 0 radical (unpaired) electrons. The summed E-state index contributed by atoms with van der Waals surface area (Å²) in [5.74, 6) is -2.95. The average Bonchev–Trinajstić information content (AvgIpc) is 2.89. The molecule has 0 fully saturated rings. The van der Waals surface area contributed by atoms with Crippen LogP contribution in [0.3, 0.4) is 0 Å². The second kappa shape index (κ2) is 19.4. The van der Waals surface area contributed by atoms with Crippen LogP contribution in [0.25, 0.3) is 0 Å². The van der Waals surface area contributed by atoms with Gasteiger partial charge in [-0.2, -0.15) is 0 Å². The summed E-state index contributed by atoms with van der Waals surface area (Å²) in [6.45, 7) is 2.36. The number of nitrogens with two attached hydrogens (primary N) is 3. The predicted molar refractivity (Wildman–Crippen MR) is 147 cm³/mol. The summed E-state index contributed by atoms with van der Waals surface area (Å²) in [6, 6.07) is 6.04. The second-order valence-corrected chi connectivity index (χ2v) is 9.15. The van der Waals surface area contributed by atoms with Crippen molar-refractivity contribution in [3.63, 3.8) is 0 Å². The second-order valence-electron chi connectivity index (χ2n) is 9.15. The van der Waals surface area contributed by atoms with Crippen LogP contribution in [0.15, 0.2) is 35.3 Å². The number of amides is 3. The van der Waals surface area contributed by atoms with Crippen LogP contribution in [-0.4, -0.2) is 72.6 Å². The lowest BCUT2D eigenvalue weighted by Gasteiger charge is -2.22.